The molecule has 16 heavy (non-hydrogen) atoms. The van der Waals surface area contributed by atoms with Gasteiger partial charge in [-0.15, -0.1) is 0 Å². The van der Waals surface area contributed by atoms with E-state index >= 15 is 0 Å². The van der Waals surface area contributed by atoms with Crippen molar-refractivity contribution in [3.63, 3.8) is 0 Å². The summed E-state index contributed by atoms with van der Waals surface area (Å²) in [5, 5.41) is 4.60. The summed E-state index contributed by atoms with van der Waals surface area (Å²) in [6, 6.07) is 6.05. The third-order valence-corrected chi connectivity index (χ3v) is 3.19. The van der Waals surface area contributed by atoms with Crippen molar-refractivity contribution >= 4 is 23.2 Å². The zero-order valence-electron chi connectivity index (χ0n) is 9.59. The fraction of sp³-hybridized carbons (Fsp3) is 0.500. The highest BCUT2D eigenvalue weighted by molar-refractivity contribution is 6.42. The highest BCUT2D eigenvalue weighted by atomic mass is 35.5. The van der Waals surface area contributed by atoms with Gasteiger partial charge in [0.05, 0.1) is 16.7 Å². The number of nitrogens with one attached hydrogen (secondary N) is 1. The predicted octanol–water partition coefficient (Wildman–Crippen LogP) is 3.68. The molecular weight excluding hydrogens is 245 g/mol. The molecule has 0 saturated heterocycles. The lowest BCUT2D eigenvalue weighted by Crippen LogP contribution is -2.24. The van der Waals surface area contributed by atoms with Gasteiger partial charge in [-0.25, -0.2) is 0 Å². The van der Waals surface area contributed by atoms with Crippen molar-refractivity contribution in [3.05, 3.63) is 33.8 Å². The van der Waals surface area contributed by atoms with Crippen molar-refractivity contribution in [2.24, 2.45) is 0 Å². The van der Waals surface area contributed by atoms with Crippen LogP contribution in [-0.2, 0) is 4.74 Å². The van der Waals surface area contributed by atoms with Crippen molar-refractivity contribution in [2.45, 2.75) is 19.4 Å². The normalized spacial score (nSPS) is 12.8. The Morgan fingerprint density at radius 3 is 2.62 bits per heavy atom. The van der Waals surface area contributed by atoms with E-state index < -0.39 is 0 Å². The van der Waals surface area contributed by atoms with Gasteiger partial charge in [0.15, 0.2) is 0 Å². The van der Waals surface area contributed by atoms with Gasteiger partial charge < -0.3 is 10.1 Å². The van der Waals surface area contributed by atoms with Crippen LogP contribution >= 0.6 is 23.2 Å². The van der Waals surface area contributed by atoms with Crippen LogP contribution in [0.15, 0.2) is 18.2 Å². The van der Waals surface area contributed by atoms with Crippen molar-refractivity contribution < 1.29 is 4.74 Å². The minimum atomic E-state index is 0.296. The van der Waals surface area contributed by atoms with Crippen LogP contribution in [0, 0.1) is 0 Å². The first-order chi connectivity index (χ1) is 7.69. The topological polar surface area (TPSA) is 21.3 Å². The SMILES string of the molecule is CCC(NCCOC)c1ccc(Cl)c(Cl)c1. The predicted molar refractivity (Wildman–Crippen MR) is 69.4 cm³/mol. The highest BCUT2D eigenvalue weighted by Crippen LogP contribution is 2.26. The monoisotopic (exact) mass is 261 g/mol. The zero-order valence-corrected chi connectivity index (χ0v) is 11.1. The Morgan fingerprint density at radius 1 is 1.31 bits per heavy atom. The minimum absolute atomic E-state index is 0.296. The molecular formula is C12H17Cl2NO. The van der Waals surface area contributed by atoms with E-state index in [1.807, 2.05) is 18.2 Å². The number of halogens is 2. The van der Waals surface area contributed by atoms with Gasteiger partial charge in [-0.2, -0.15) is 0 Å². The van der Waals surface area contributed by atoms with Crippen LogP contribution in [0.1, 0.15) is 24.9 Å². The number of hydrogen-bond donors (Lipinski definition) is 1. The van der Waals surface area contributed by atoms with E-state index in [0.29, 0.717) is 22.7 Å². The number of ether oxygens (including phenoxy) is 1. The summed E-state index contributed by atoms with van der Waals surface area (Å²) in [5.74, 6) is 0. The third-order valence-electron chi connectivity index (χ3n) is 2.45. The van der Waals surface area contributed by atoms with Crippen molar-refractivity contribution in [2.75, 3.05) is 20.3 Å². The molecule has 1 aromatic carbocycles. The summed E-state index contributed by atoms with van der Waals surface area (Å²) >= 11 is 11.9. The Bertz CT molecular complexity index is 331. The Kier molecular flexibility index (Phi) is 6.14. The van der Waals surface area contributed by atoms with E-state index in [-0.39, 0.29) is 0 Å². The smallest absolute Gasteiger partial charge is 0.0595 e. The lowest BCUT2D eigenvalue weighted by atomic mass is 10.0. The molecule has 0 aromatic heterocycles. The molecule has 0 heterocycles. The van der Waals surface area contributed by atoms with Gasteiger partial charge >= 0.3 is 0 Å². The first-order valence-electron chi connectivity index (χ1n) is 5.36. The summed E-state index contributed by atoms with van der Waals surface area (Å²) in [5.41, 5.74) is 1.16. The fourth-order valence-corrected chi connectivity index (χ4v) is 1.87. The summed E-state index contributed by atoms with van der Waals surface area (Å²) in [4.78, 5) is 0. The summed E-state index contributed by atoms with van der Waals surface area (Å²) in [6.07, 6.45) is 1.00. The van der Waals surface area contributed by atoms with Crippen molar-refractivity contribution in [1.29, 1.82) is 0 Å². The molecule has 4 heteroatoms. The van der Waals surface area contributed by atoms with Gasteiger partial charge in [0.2, 0.25) is 0 Å². The molecule has 0 aliphatic rings. The van der Waals surface area contributed by atoms with Gasteiger partial charge in [-0.3, -0.25) is 0 Å². The van der Waals surface area contributed by atoms with Crippen LogP contribution < -0.4 is 5.32 Å². The number of methoxy groups -OCH3 is 1. The molecule has 1 atom stereocenters. The second-order valence-corrected chi connectivity index (χ2v) is 4.40. The second-order valence-electron chi connectivity index (χ2n) is 3.58. The van der Waals surface area contributed by atoms with E-state index in [1.54, 1.807) is 7.11 Å². The number of benzene rings is 1. The van der Waals surface area contributed by atoms with Crippen LogP contribution in [-0.4, -0.2) is 20.3 Å². The van der Waals surface area contributed by atoms with Crippen molar-refractivity contribution in [3.8, 4) is 0 Å². The van der Waals surface area contributed by atoms with Crippen LogP contribution in [0.25, 0.3) is 0 Å². The van der Waals surface area contributed by atoms with E-state index in [4.69, 9.17) is 27.9 Å². The van der Waals surface area contributed by atoms with E-state index in [9.17, 15) is 0 Å². The Labute approximate surface area is 107 Å². The summed E-state index contributed by atoms with van der Waals surface area (Å²) in [6.45, 7) is 3.67. The quantitative estimate of drug-likeness (QED) is 0.789. The maximum absolute atomic E-state index is 5.99. The third kappa shape index (κ3) is 3.95. The molecule has 0 radical (unpaired) electrons. The fourth-order valence-electron chi connectivity index (χ4n) is 1.56. The second kappa shape index (κ2) is 7.13. The first-order valence-corrected chi connectivity index (χ1v) is 6.12. The molecule has 0 bridgehead atoms. The van der Waals surface area contributed by atoms with Gasteiger partial charge in [-0.1, -0.05) is 36.2 Å². The van der Waals surface area contributed by atoms with Gasteiger partial charge in [-0.05, 0) is 24.1 Å². The van der Waals surface area contributed by atoms with E-state index in [1.165, 1.54) is 0 Å². The van der Waals surface area contributed by atoms with Crippen molar-refractivity contribution in [1.82, 2.24) is 5.32 Å². The molecule has 1 aromatic rings. The lowest BCUT2D eigenvalue weighted by Gasteiger charge is -2.17. The average molecular weight is 262 g/mol. The number of hydrogen-bond acceptors (Lipinski definition) is 2. The Morgan fingerprint density at radius 2 is 2.06 bits per heavy atom. The van der Waals surface area contributed by atoms with Crippen LogP contribution in [0.5, 0.6) is 0 Å². The number of rotatable bonds is 6. The molecule has 1 rings (SSSR count). The molecule has 0 saturated carbocycles. The molecule has 0 aliphatic heterocycles. The average Bonchev–Trinajstić information content (AvgIpc) is 2.29. The molecule has 0 spiro atoms. The summed E-state index contributed by atoms with van der Waals surface area (Å²) < 4.78 is 5.01. The van der Waals surface area contributed by atoms with Crippen LogP contribution in [0.3, 0.4) is 0 Å². The molecule has 1 N–H and O–H groups in total. The molecule has 0 aliphatic carbocycles. The molecule has 90 valence electrons. The Hall–Kier alpha value is -0.280. The molecule has 0 fully saturated rings. The zero-order chi connectivity index (χ0) is 12.0. The maximum Gasteiger partial charge on any atom is 0.0595 e. The van der Waals surface area contributed by atoms with E-state index in [2.05, 4.69) is 12.2 Å². The minimum Gasteiger partial charge on any atom is -0.383 e. The standard InChI is InChI=1S/C12H17Cl2NO/c1-3-12(15-6-7-16-2)9-4-5-10(13)11(14)8-9/h4-5,8,12,15H,3,6-7H2,1-2H3. The molecule has 0 amide bonds. The van der Waals surface area contributed by atoms with Crippen LogP contribution in [0.2, 0.25) is 10.0 Å². The molecule has 2 nitrogen and oxygen atoms in total. The largest absolute Gasteiger partial charge is 0.383 e. The van der Waals surface area contributed by atoms with Crippen LogP contribution in [0.4, 0.5) is 0 Å². The summed E-state index contributed by atoms with van der Waals surface area (Å²) in [7, 11) is 1.70. The highest BCUT2D eigenvalue weighted by Gasteiger charge is 2.09. The maximum atomic E-state index is 5.99. The van der Waals surface area contributed by atoms with Gasteiger partial charge in [0.25, 0.3) is 0 Å². The molecule has 1 unspecified atom stereocenters. The first kappa shape index (κ1) is 13.8. The van der Waals surface area contributed by atoms with Gasteiger partial charge in [0, 0.05) is 19.7 Å². The Balaban J connectivity index is 2.67. The lowest BCUT2D eigenvalue weighted by molar-refractivity contribution is 0.195. The van der Waals surface area contributed by atoms with Gasteiger partial charge in [0.1, 0.15) is 0 Å². The van der Waals surface area contributed by atoms with E-state index in [0.717, 1.165) is 18.5 Å².